The summed E-state index contributed by atoms with van der Waals surface area (Å²) >= 11 is 0. The zero-order valence-electron chi connectivity index (χ0n) is 19.1. The van der Waals surface area contributed by atoms with E-state index in [2.05, 4.69) is 15.6 Å². The van der Waals surface area contributed by atoms with E-state index in [1.807, 2.05) is 49.4 Å². The highest BCUT2D eigenvalue weighted by Crippen LogP contribution is 2.29. The molecular formula is C23H32N4O4. The Balaban J connectivity index is 2.21. The molecule has 2 N–H and O–H groups in total. The van der Waals surface area contributed by atoms with Gasteiger partial charge in [0.15, 0.2) is 5.96 Å². The van der Waals surface area contributed by atoms with E-state index in [0.29, 0.717) is 12.5 Å². The van der Waals surface area contributed by atoms with Crippen molar-refractivity contribution >= 4 is 11.9 Å². The average molecular weight is 429 g/mol. The van der Waals surface area contributed by atoms with E-state index in [4.69, 9.17) is 14.2 Å². The van der Waals surface area contributed by atoms with Crippen LogP contribution >= 0.6 is 0 Å². The maximum atomic E-state index is 12.1. The first-order valence-electron chi connectivity index (χ1n) is 9.97. The zero-order valence-corrected chi connectivity index (χ0v) is 19.1. The largest absolute Gasteiger partial charge is 0.497 e. The molecule has 0 spiro atoms. The lowest BCUT2D eigenvalue weighted by Gasteiger charge is -2.21. The number of likely N-dealkylation sites (N-methyl/N-ethyl adjacent to an activating group) is 1. The predicted molar refractivity (Wildman–Crippen MR) is 122 cm³/mol. The second-order valence-electron chi connectivity index (χ2n) is 7.13. The number of ether oxygens (including phenoxy) is 3. The summed E-state index contributed by atoms with van der Waals surface area (Å²) in [4.78, 5) is 18.2. The minimum absolute atomic E-state index is 0.0504. The van der Waals surface area contributed by atoms with Crippen molar-refractivity contribution in [3.05, 3.63) is 53.6 Å². The monoisotopic (exact) mass is 428 g/mol. The van der Waals surface area contributed by atoms with Crippen LogP contribution < -0.4 is 24.8 Å². The lowest BCUT2D eigenvalue weighted by Crippen LogP contribution is -2.43. The molecule has 0 aromatic heterocycles. The topological polar surface area (TPSA) is 84.4 Å². The van der Waals surface area contributed by atoms with E-state index in [0.717, 1.165) is 28.4 Å². The highest BCUT2D eigenvalue weighted by Gasteiger charge is 2.15. The van der Waals surface area contributed by atoms with Crippen molar-refractivity contribution in [2.24, 2.45) is 4.99 Å². The van der Waals surface area contributed by atoms with E-state index in [1.54, 1.807) is 35.4 Å². The van der Waals surface area contributed by atoms with Crippen LogP contribution in [0, 0.1) is 0 Å². The number of carbonyl (C=O) groups excluding carboxylic acids is 1. The molecule has 0 aliphatic heterocycles. The van der Waals surface area contributed by atoms with Crippen molar-refractivity contribution in [1.29, 1.82) is 0 Å². The van der Waals surface area contributed by atoms with Gasteiger partial charge < -0.3 is 29.7 Å². The Morgan fingerprint density at radius 3 is 2.23 bits per heavy atom. The van der Waals surface area contributed by atoms with Gasteiger partial charge in [0.1, 0.15) is 17.2 Å². The molecule has 0 saturated heterocycles. The summed E-state index contributed by atoms with van der Waals surface area (Å²) in [6.07, 6.45) is 0. The van der Waals surface area contributed by atoms with Crippen molar-refractivity contribution in [3.8, 4) is 17.2 Å². The molecular weight excluding hydrogens is 396 g/mol. The predicted octanol–water partition coefficient (Wildman–Crippen LogP) is 2.60. The highest BCUT2D eigenvalue weighted by molar-refractivity contribution is 5.86. The molecule has 0 aliphatic carbocycles. The van der Waals surface area contributed by atoms with Crippen molar-refractivity contribution in [1.82, 2.24) is 15.5 Å². The molecule has 31 heavy (non-hydrogen) atoms. The fourth-order valence-corrected chi connectivity index (χ4v) is 2.83. The van der Waals surface area contributed by atoms with Gasteiger partial charge in [0.25, 0.3) is 0 Å². The molecule has 1 unspecified atom stereocenters. The van der Waals surface area contributed by atoms with Crippen LogP contribution in [0.2, 0.25) is 0 Å². The third-order valence-corrected chi connectivity index (χ3v) is 4.74. The summed E-state index contributed by atoms with van der Waals surface area (Å²) in [5.41, 5.74) is 1.94. The summed E-state index contributed by atoms with van der Waals surface area (Å²) < 4.78 is 16.0. The number of aliphatic imine (C=N–C) groups is 1. The van der Waals surface area contributed by atoms with Crippen LogP contribution in [-0.4, -0.2) is 58.7 Å². The molecule has 2 aromatic carbocycles. The maximum absolute atomic E-state index is 12.1. The first-order valence-corrected chi connectivity index (χ1v) is 9.97. The lowest BCUT2D eigenvalue weighted by atomic mass is 10.1. The van der Waals surface area contributed by atoms with Gasteiger partial charge in [-0.25, -0.2) is 4.99 Å². The van der Waals surface area contributed by atoms with Crippen molar-refractivity contribution < 1.29 is 19.0 Å². The van der Waals surface area contributed by atoms with Gasteiger partial charge in [-0.15, -0.1) is 0 Å². The molecule has 0 radical (unpaired) electrons. The minimum atomic E-state index is -0.151. The zero-order chi connectivity index (χ0) is 22.8. The summed E-state index contributed by atoms with van der Waals surface area (Å²) in [5.74, 6) is 2.73. The number of methoxy groups -OCH3 is 3. The van der Waals surface area contributed by atoms with Crippen LogP contribution in [0.3, 0.4) is 0 Å². The van der Waals surface area contributed by atoms with Gasteiger partial charge in [-0.2, -0.15) is 0 Å². The smallest absolute Gasteiger partial charge is 0.241 e. The number of carbonyl (C=O) groups is 1. The molecule has 8 nitrogen and oxygen atoms in total. The number of nitrogens with one attached hydrogen (secondary N) is 2. The van der Waals surface area contributed by atoms with Crippen LogP contribution in [0.5, 0.6) is 17.2 Å². The van der Waals surface area contributed by atoms with Gasteiger partial charge in [0, 0.05) is 19.7 Å². The van der Waals surface area contributed by atoms with Gasteiger partial charge >= 0.3 is 0 Å². The van der Waals surface area contributed by atoms with E-state index in [-0.39, 0.29) is 18.5 Å². The lowest BCUT2D eigenvalue weighted by molar-refractivity contribution is -0.127. The van der Waals surface area contributed by atoms with Crippen molar-refractivity contribution in [2.75, 3.05) is 42.0 Å². The Hall–Kier alpha value is -3.42. The van der Waals surface area contributed by atoms with Gasteiger partial charge in [0.2, 0.25) is 5.91 Å². The maximum Gasteiger partial charge on any atom is 0.241 e. The number of benzene rings is 2. The van der Waals surface area contributed by atoms with Crippen LogP contribution in [0.15, 0.2) is 47.5 Å². The molecule has 8 heteroatoms. The Morgan fingerprint density at radius 2 is 1.65 bits per heavy atom. The third kappa shape index (κ3) is 7.09. The summed E-state index contributed by atoms with van der Waals surface area (Å²) in [6.45, 7) is 2.57. The second-order valence-corrected chi connectivity index (χ2v) is 7.13. The van der Waals surface area contributed by atoms with Crippen molar-refractivity contribution in [2.45, 2.75) is 19.5 Å². The fraction of sp³-hybridized carbons (Fsp3) is 0.391. The van der Waals surface area contributed by atoms with Crippen LogP contribution in [0.1, 0.15) is 24.1 Å². The number of guanidine groups is 1. The number of hydrogen-bond donors (Lipinski definition) is 2. The number of amides is 1. The number of rotatable bonds is 9. The molecule has 0 bridgehead atoms. The Labute approximate surface area is 184 Å². The second kappa shape index (κ2) is 11.7. The van der Waals surface area contributed by atoms with Crippen LogP contribution in [0.4, 0.5) is 0 Å². The molecule has 2 aromatic rings. The van der Waals surface area contributed by atoms with E-state index in [9.17, 15) is 4.79 Å². The average Bonchev–Trinajstić information content (AvgIpc) is 2.80. The summed E-state index contributed by atoms with van der Waals surface area (Å²) in [6, 6.07) is 13.2. The van der Waals surface area contributed by atoms with Gasteiger partial charge in [-0.3, -0.25) is 4.79 Å². The molecule has 0 aliphatic rings. The Kier molecular flexibility index (Phi) is 8.99. The highest BCUT2D eigenvalue weighted by atomic mass is 16.5. The molecule has 1 amide bonds. The molecule has 2 rings (SSSR count). The third-order valence-electron chi connectivity index (χ3n) is 4.74. The first kappa shape index (κ1) is 23.9. The molecule has 0 heterocycles. The fourth-order valence-electron chi connectivity index (χ4n) is 2.83. The van der Waals surface area contributed by atoms with Crippen molar-refractivity contribution in [3.63, 3.8) is 0 Å². The SMILES string of the molecule is COc1ccc(CN=C(NCC(=O)N(C)C)NC(C)c2cc(OC)ccc2OC)cc1. The van der Waals surface area contributed by atoms with Gasteiger partial charge in [0.05, 0.1) is 40.5 Å². The molecule has 0 fully saturated rings. The standard InChI is InChI=1S/C23H32N4O4/c1-16(20-13-19(30-5)11-12-21(20)31-6)26-23(25-15-22(28)27(2)3)24-14-17-7-9-18(29-4)10-8-17/h7-13,16H,14-15H2,1-6H3,(H2,24,25,26). The Bertz CT molecular complexity index is 882. The number of nitrogens with zero attached hydrogens (tertiary/aromatic N) is 2. The molecule has 168 valence electrons. The van der Waals surface area contributed by atoms with Crippen LogP contribution in [0.25, 0.3) is 0 Å². The number of hydrogen-bond acceptors (Lipinski definition) is 5. The Morgan fingerprint density at radius 1 is 1.00 bits per heavy atom. The summed E-state index contributed by atoms with van der Waals surface area (Å²) in [7, 11) is 8.32. The van der Waals surface area contributed by atoms with Crippen LogP contribution in [-0.2, 0) is 11.3 Å². The van der Waals surface area contributed by atoms with E-state index < -0.39 is 0 Å². The molecule has 1 atom stereocenters. The minimum Gasteiger partial charge on any atom is -0.497 e. The van der Waals surface area contributed by atoms with Gasteiger partial charge in [-0.05, 0) is 42.8 Å². The molecule has 0 saturated carbocycles. The van der Waals surface area contributed by atoms with E-state index >= 15 is 0 Å². The van der Waals surface area contributed by atoms with Gasteiger partial charge in [-0.1, -0.05) is 12.1 Å². The summed E-state index contributed by atoms with van der Waals surface area (Å²) in [5, 5.41) is 6.47. The first-order chi connectivity index (χ1) is 14.9. The normalized spacial score (nSPS) is 12.0. The quantitative estimate of drug-likeness (QED) is 0.472. The van der Waals surface area contributed by atoms with E-state index in [1.165, 1.54) is 4.90 Å².